The van der Waals surface area contributed by atoms with Crippen molar-refractivity contribution in [3.05, 3.63) is 67.0 Å². The Morgan fingerprint density at radius 1 is 1.21 bits per heavy atom. The van der Waals surface area contributed by atoms with Gasteiger partial charge in [-0.25, -0.2) is 4.39 Å². The first-order valence-electron chi connectivity index (χ1n) is 5.55. The molecular formula is C14H10Cl2FIO. The van der Waals surface area contributed by atoms with Crippen LogP contribution in [-0.4, -0.2) is 5.11 Å². The van der Waals surface area contributed by atoms with Gasteiger partial charge in [-0.3, -0.25) is 0 Å². The maximum absolute atomic E-state index is 13.7. The van der Waals surface area contributed by atoms with Crippen LogP contribution >= 0.6 is 45.8 Å². The van der Waals surface area contributed by atoms with E-state index in [1.54, 1.807) is 18.2 Å². The summed E-state index contributed by atoms with van der Waals surface area (Å²) in [5.74, 6) is -0.413. The van der Waals surface area contributed by atoms with Crippen molar-refractivity contribution in [3.63, 3.8) is 0 Å². The Labute approximate surface area is 134 Å². The van der Waals surface area contributed by atoms with Gasteiger partial charge in [-0.05, 0) is 58.5 Å². The Bertz CT molecular complexity index is 584. The van der Waals surface area contributed by atoms with Gasteiger partial charge in [0.25, 0.3) is 0 Å². The summed E-state index contributed by atoms with van der Waals surface area (Å²) >= 11 is 14.0. The Morgan fingerprint density at radius 2 is 1.95 bits per heavy atom. The minimum absolute atomic E-state index is 0.113. The first kappa shape index (κ1) is 15.0. The second kappa shape index (κ2) is 6.39. The molecule has 0 amide bonds. The zero-order valence-corrected chi connectivity index (χ0v) is 13.4. The normalized spacial score (nSPS) is 12.5. The van der Waals surface area contributed by atoms with Crippen LogP contribution in [0, 0.1) is 9.39 Å². The zero-order valence-electron chi connectivity index (χ0n) is 9.71. The first-order valence-corrected chi connectivity index (χ1v) is 7.38. The molecule has 0 radical (unpaired) electrons. The molecule has 0 aliphatic carbocycles. The van der Waals surface area contributed by atoms with Gasteiger partial charge in [0.2, 0.25) is 0 Å². The molecule has 19 heavy (non-hydrogen) atoms. The van der Waals surface area contributed by atoms with Crippen LogP contribution in [0.25, 0.3) is 0 Å². The Hall–Kier alpha value is -0.360. The lowest BCUT2D eigenvalue weighted by Crippen LogP contribution is -2.06. The second-order valence-electron chi connectivity index (χ2n) is 4.09. The van der Waals surface area contributed by atoms with Crippen LogP contribution in [0.2, 0.25) is 10.0 Å². The molecule has 2 aromatic rings. The number of benzene rings is 2. The number of aliphatic hydroxyl groups excluding tert-OH is 1. The topological polar surface area (TPSA) is 20.2 Å². The van der Waals surface area contributed by atoms with Crippen LogP contribution in [0.1, 0.15) is 17.2 Å². The van der Waals surface area contributed by atoms with Gasteiger partial charge in [0.1, 0.15) is 5.82 Å². The van der Waals surface area contributed by atoms with Gasteiger partial charge in [0.05, 0.1) is 6.10 Å². The largest absolute Gasteiger partial charge is 0.388 e. The number of rotatable bonds is 3. The van der Waals surface area contributed by atoms with E-state index < -0.39 is 11.9 Å². The summed E-state index contributed by atoms with van der Waals surface area (Å²) in [6.45, 7) is 0. The molecule has 0 spiro atoms. The van der Waals surface area contributed by atoms with Crippen LogP contribution in [0.15, 0.2) is 36.4 Å². The van der Waals surface area contributed by atoms with E-state index in [1.165, 1.54) is 12.1 Å². The predicted octanol–water partition coefficient (Wildman–Crippen LogP) is 5.01. The second-order valence-corrected chi connectivity index (χ2v) is 6.09. The highest BCUT2D eigenvalue weighted by Gasteiger charge is 2.16. The highest BCUT2D eigenvalue weighted by molar-refractivity contribution is 14.1. The van der Waals surface area contributed by atoms with Crippen molar-refractivity contribution < 1.29 is 9.50 Å². The lowest BCUT2D eigenvalue weighted by atomic mass is 10.0. The maximum Gasteiger partial charge on any atom is 0.127 e. The lowest BCUT2D eigenvalue weighted by Gasteiger charge is -2.15. The molecule has 0 saturated heterocycles. The average Bonchev–Trinajstić information content (AvgIpc) is 2.37. The van der Waals surface area contributed by atoms with E-state index in [9.17, 15) is 9.50 Å². The third kappa shape index (κ3) is 3.60. The average molecular weight is 411 g/mol. The summed E-state index contributed by atoms with van der Waals surface area (Å²) in [6.07, 6.45) is -0.734. The predicted molar refractivity (Wildman–Crippen MR) is 84.2 cm³/mol. The van der Waals surface area contributed by atoms with E-state index in [1.807, 2.05) is 6.07 Å². The van der Waals surface area contributed by atoms with E-state index in [4.69, 9.17) is 23.2 Å². The van der Waals surface area contributed by atoms with Crippen molar-refractivity contribution in [1.82, 2.24) is 0 Å². The molecule has 0 bridgehead atoms. The molecule has 1 atom stereocenters. The van der Waals surface area contributed by atoms with Gasteiger partial charge in [-0.1, -0.05) is 29.3 Å². The molecule has 0 saturated carbocycles. The number of hydrogen-bond donors (Lipinski definition) is 1. The van der Waals surface area contributed by atoms with E-state index in [2.05, 4.69) is 22.6 Å². The van der Waals surface area contributed by atoms with Gasteiger partial charge in [-0.15, -0.1) is 0 Å². The molecule has 2 aromatic carbocycles. The highest BCUT2D eigenvalue weighted by atomic mass is 127. The fraction of sp³-hybridized carbons (Fsp3) is 0.143. The minimum Gasteiger partial charge on any atom is -0.388 e. The molecule has 1 nitrogen and oxygen atoms in total. The molecule has 0 fully saturated rings. The first-order chi connectivity index (χ1) is 8.99. The lowest BCUT2D eigenvalue weighted by molar-refractivity contribution is 0.176. The fourth-order valence-electron chi connectivity index (χ4n) is 1.80. The van der Waals surface area contributed by atoms with E-state index >= 15 is 0 Å². The molecule has 5 heteroatoms. The van der Waals surface area contributed by atoms with Crippen molar-refractivity contribution in [3.8, 4) is 0 Å². The molecule has 1 unspecified atom stereocenters. The Kier molecular flexibility index (Phi) is 5.06. The summed E-state index contributed by atoms with van der Waals surface area (Å²) in [6, 6.07) is 9.71. The van der Waals surface area contributed by atoms with Gasteiger partial charge >= 0.3 is 0 Å². The van der Waals surface area contributed by atoms with Crippen LogP contribution in [0.3, 0.4) is 0 Å². The standard InChI is InChI=1S/C14H10Cl2FIO/c15-8-4-5-13(18)10(6-8)14(19)7-9-11(16)2-1-3-12(9)17/h1-6,14,19H,7H2. The summed E-state index contributed by atoms with van der Waals surface area (Å²) in [5.41, 5.74) is 0.986. The maximum atomic E-state index is 13.7. The summed E-state index contributed by atoms with van der Waals surface area (Å²) in [7, 11) is 0. The molecule has 100 valence electrons. The number of aliphatic hydroxyl groups is 1. The Balaban J connectivity index is 2.31. The van der Waals surface area contributed by atoms with Crippen LogP contribution in [0.5, 0.6) is 0 Å². The van der Waals surface area contributed by atoms with E-state index in [0.717, 1.165) is 3.57 Å². The smallest absolute Gasteiger partial charge is 0.127 e. The minimum atomic E-state index is -0.847. The molecule has 0 heterocycles. The zero-order chi connectivity index (χ0) is 14.0. The van der Waals surface area contributed by atoms with Crippen molar-refractivity contribution in [1.29, 1.82) is 0 Å². The molecule has 0 aromatic heterocycles. The van der Waals surface area contributed by atoms with Crippen molar-refractivity contribution >= 4 is 45.8 Å². The SMILES string of the molecule is OC(Cc1c(F)cccc1Cl)c1cc(Cl)ccc1I. The Morgan fingerprint density at radius 3 is 2.63 bits per heavy atom. The van der Waals surface area contributed by atoms with Crippen molar-refractivity contribution in [2.24, 2.45) is 0 Å². The summed E-state index contributed by atoms with van der Waals surface area (Å²) in [5, 5.41) is 11.1. The van der Waals surface area contributed by atoms with Gasteiger partial charge in [0.15, 0.2) is 0 Å². The molecule has 2 rings (SSSR count). The quantitative estimate of drug-likeness (QED) is 0.705. The third-order valence-electron chi connectivity index (χ3n) is 2.78. The molecular weight excluding hydrogens is 401 g/mol. The monoisotopic (exact) mass is 410 g/mol. The van der Waals surface area contributed by atoms with E-state index in [0.29, 0.717) is 21.2 Å². The van der Waals surface area contributed by atoms with Crippen LogP contribution < -0.4 is 0 Å². The summed E-state index contributed by atoms with van der Waals surface area (Å²) < 4.78 is 14.6. The molecule has 0 aliphatic rings. The van der Waals surface area contributed by atoms with Crippen LogP contribution in [-0.2, 0) is 6.42 Å². The highest BCUT2D eigenvalue weighted by Crippen LogP contribution is 2.29. The summed E-state index contributed by atoms with van der Waals surface area (Å²) in [4.78, 5) is 0. The van der Waals surface area contributed by atoms with Crippen molar-refractivity contribution in [2.75, 3.05) is 0 Å². The van der Waals surface area contributed by atoms with Crippen LogP contribution in [0.4, 0.5) is 4.39 Å². The van der Waals surface area contributed by atoms with E-state index in [-0.39, 0.29) is 6.42 Å². The molecule has 0 aliphatic heterocycles. The number of halogens is 4. The fourth-order valence-corrected chi connectivity index (χ4v) is 2.92. The van der Waals surface area contributed by atoms with Gasteiger partial charge in [-0.2, -0.15) is 0 Å². The van der Waals surface area contributed by atoms with Gasteiger partial charge in [0, 0.05) is 25.6 Å². The molecule has 1 N–H and O–H groups in total. The number of hydrogen-bond acceptors (Lipinski definition) is 1. The third-order valence-corrected chi connectivity index (χ3v) is 4.35. The van der Waals surface area contributed by atoms with Gasteiger partial charge < -0.3 is 5.11 Å². The van der Waals surface area contributed by atoms with Crippen molar-refractivity contribution in [2.45, 2.75) is 12.5 Å².